The maximum atomic E-state index is 14.4. The van der Waals surface area contributed by atoms with Gasteiger partial charge in [0, 0.05) is 40.3 Å². The van der Waals surface area contributed by atoms with Crippen LogP contribution in [0.4, 0.5) is 22.0 Å². The Morgan fingerprint density at radius 2 is 1.83 bits per heavy atom. The van der Waals surface area contributed by atoms with Gasteiger partial charge in [-0.2, -0.15) is 23.4 Å². The summed E-state index contributed by atoms with van der Waals surface area (Å²) < 4.78 is 73.5. The number of aromatic nitrogens is 4. The minimum absolute atomic E-state index is 0.0139. The van der Waals surface area contributed by atoms with E-state index in [0.717, 1.165) is 12.1 Å². The molecule has 41 heavy (non-hydrogen) atoms. The SMILES string of the molecule is Cn1nc2c3c(c(-c4c(C(N)=O)cc(F)cc4C(F)(F)F)cc2c1-c1ccn[nH]1)C(c1cc(F)ccc1Cl)NC3=O. The average Bonchev–Trinajstić information content (AvgIpc) is 3.61. The van der Waals surface area contributed by atoms with E-state index >= 15 is 0 Å². The van der Waals surface area contributed by atoms with Crippen LogP contribution < -0.4 is 11.1 Å². The number of halogens is 6. The first kappa shape index (κ1) is 26.4. The molecule has 8 nitrogen and oxygen atoms in total. The average molecular weight is 587 g/mol. The summed E-state index contributed by atoms with van der Waals surface area (Å²) in [6.07, 6.45) is -3.70. The van der Waals surface area contributed by atoms with Gasteiger partial charge >= 0.3 is 6.18 Å². The Morgan fingerprint density at radius 1 is 1.07 bits per heavy atom. The number of amides is 2. The number of hydrogen-bond donors (Lipinski definition) is 3. The van der Waals surface area contributed by atoms with Gasteiger partial charge in [-0.1, -0.05) is 11.6 Å². The summed E-state index contributed by atoms with van der Waals surface area (Å²) in [6, 6.07) is 5.83. The maximum Gasteiger partial charge on any atom is 0.417 e. The molecule has 0 saturated carbocycles. The first-order valence-corrected chi connectivity index (χ1v) is 12.2. The van der Waals surface area contributed by atoms with E-state index in [1.165, 1.54) is 23.0 Å². The highest BCUT2D eigenvalue weighted by Gasteiger charge is 2.42. The molecule has 3 heterocycles. The lowest BCUT2D eigenvalue weighted by Gasteiger charge is -2.22. The van der Waals surface area contributed by atoms with Crippen LogP contribution >= 0.6 is 11.6 Å². The molecule has 0 spiro atoms. The monoisotopic (exact) mass is 586 g/mol. The molecule has 5 aromatic rings. The first-order valence-electron chi connectivity index (χ1n) is 11.9. The van der Waals surface area contributed by atoms with Crippen LogP contribution in [0.2, 0.25) is 5.02 Å². The van der Waals surface area contributed by atoms with Gasteiger partial charge in [-0.15, -0.1) is 0 Å². The Labute approximate surface area is 231 Å². The number of fused-ring (bicyclic) bond motifs is 3. The Morgan fingerprint density at radius 3 is 2.49 bits per heavy atom. The second kappa shape index (κ2) is 9.13. The highest BCUT2D eigenvalue weighted by atomic mass is 35.5. The van der Waals surface area contributed by atoms with Gasteiger partial charge in [0.15, 0.2) is 0 Å². The molecule has 0 saturated heterocycles. The standard InChI is InChI=1S/C27H16ClF5N6O2/c1-39-24(18-4-5-35-37-18)15-9-13(19-14(25(34)40)7-11(30)8-16(19)27(31,32)33)20-21(23(15)38-39)26(41)36-22(20)12-6-10(29)2-3-17(12)28/h2-9,22H,1H3,(H2,34,40)(H,35,37)(H,36,41). The molecule has 0 fully saturated rings. The maximum absolute atomic E-state index is 14.4. The van der Waals surface area contributed by atoms with E-state index in [0.29, 0.717) is 17.5 Å². The van der Waals surface area contributed by atoms with Crippen LogP contribution in [-0.4, -0.2) is 31.8 Å². The molecule has 208 valence electrons. The number of hydrogen-bond acceptors (Lipinski definition) is 4. The van der Waals surface area contributed by atoms with Gasteiger partial charge in [0.05, 0.1) is 34.1 Å². The number of carbonyl (C=O) groups excluding carboxylic acids is 2. The number of aromatic amines is 1. The zero-order valence-corrected chi connectivity index (χ0v) is 21.5. The lowest BCUT2D eigenvalue weighted by molar-refractivity contribution is -0.137. The lowest BCUT2D eigenvalue weighted by Crippen LogP contribution is -2.21. The van der Waals surface area contributed by atoms with E-state index in [1.54, 1.807) is 13.1 Å². The summed E-state index contributed by atoms with van der Waals surface area (Å²) in [7, 11) is 1.56. The minimum Gasteiger partial charge on any atom is -0.366 e. The molecule has 3 aromatic carbocycles. The van der Waals surface area contributed by atoms with Crippen LogP contribution in [-0.2, 0) is 13.2 Å². The topological polar surface area (TPSA) is 119 Å². The van der Waals surface area contributed by atoms with E-state index in [4.69, 9.17) is 17.3 Å². The van der Waals surface area contributed by atoms with Gasteiger partial charge < -0.3 is 11.1 Å². The number of nitrogens with two attached hydrogens (primary N) is 1. The van der Waals surface area contributed by atoms with Gasteiger partial charge in [-0.25, -0.2) is 8.78 Å². The number of rotatable bonds is 4. The number of nitrogens with zero attached hydrogens (tertiary/aromatic N) is 3. The quantitative estimate of drug-likeness (QED) is 0.241. The summed E-state index contributed by atoms with van der Waals surface area (Å²) >= 11 is 6.36. The Balaban J connectivity index is 1.82. The molecule has 14 heteroatoms. The number of H-pyrrole nitrogens is 1. The van der Waals surface area contributed by atoms with E-state index in [2.05, 4.69) is 20.6 Å². The number of alkyl halides is 3. The molecule has 1 atom stereocenters. The Kier molecular flexibility index (Phi) is 5.89. The number of primary amides is 1. The predicted octanol–water partition coefficient (Wildman–Crippen LogP) is 5.51. The van der Waals surface area contributed by atoms with Gasteiger partial charge in [0.1, 0.15) is 17.2 Å². The van der Waals surface area contributed by atoms with Crippen molar-refractivity contribution in [1.82, 2.24) is 25.3 Å². The third kappa shape index (κ3) is 4.11. The molecule has 1 aliphatic rings. The fraction of sp³-hybridized carbons (Fsp3) is 0.111. The molecular formula is C27H16ClF5N6O2. The van der Waals surface area contributed by atoms with Gasteiger partial charge in [-0.05, 0) is 48.0 Å². The Bertz CT molecular complexity index is 1920. The largest absolute Gasteiger partial charge is 0.417 e. The molecule has 6 rings (SSSR count). The number of aryl methyl sites for hydroxylation is 1. The van der Waals surface area contributed by atoms with E-state index in [1.807, 2.05) is 0 Å². The van der Waals surface area contributed by atoms with Crippen LogP contribution in [0.1, 0.15) is 43.4 Å². The fourth-order valence-electron chi connectivity index (χ4n) is 5.35. The van der Waals surface area contributed by atoms with Crippen molar-refractivity contribution in [3.8, 4) is 22.5 Å². The normalized spacial score (nSPS) is 14.9. The molecule has 0 bridgehead atoms. The van der Waals surface area contributed by atoms with Gasteiger partial charge in [-0.3, -0.25) is 19.4 Å². The molecule has 2 aromatic heterocycles. The first-order chi connectivity index (χ1) is 19.4. The van der Waals surface area contributed by atoms with E-state index in [9.17, 15) is 31.5 Å². The molecule has 1 unspecified atom stereocenters. The molecule has 1 aliphatic heterocycles. The highest BCUT2D eigenvalue weighted by molar-refractivity contribution is 6.31. The third-order valence-electron chi connectivity index (χ3n) is 6.93. The second-order valence-corrected chi connectivity index (χ2v) is 9.77. The van der Waals surface area contributed by atoms with Gasteiger partial charge in [0.2, 0.25) is 5.91 Å². The van der Waals surface area contributed by atoms with Crippen molar-refractivity contribution in [3.05, 3.63) is 93.1 Å². The van der Waals surface area contributed by atoms with Crippen LogP contribution in [0.3, 0.4) is 0 Å². The van der Waals surface area contributed by atoms with Crippen molar-refractivity contribution in [3.63, 3.8) is 0 Å². The van der Waals surface area contributed by atoms with E-state index in [-0.39, 0.29) is 44.2 Å². The van der Waals surface area contributed by atoms with Crippen molar-refractivity contribution in [2.45, 2.75) is 12.2 Å². The molecule has 0 aliphatic carbocycles. The highest BCUT2D eigenvalue weighted by Crippen LogP contribution is 2.49. The van der Waals surface area contributed by atoms with Crippen LogP contribution in [0.5, 0.6) is 0 Å². The minimum atomic E-state index is -5.15. The molecule has 2 amide bonds. The summed E-state index contributed by atoms with van der Waals surface area (Å²) in [5, 5.41) is 14.0. The van der Waals surface area contributed by atoms with Gasteiger partial charge in [0.25, 0.3) is 5.91 Å². The van der Waals surface area contributed by atoms with Crippen LogP contribution in [0, 0.1) is 11.6 Å². The summed E-state index contributed by atoms with van der Waals surface area (Å²) in [6.45, 7) is 0. The molecule has 4 N–H and O–H groups in total. The fourth-order valence-corrected chi connectivity index (χ4v) is 5.58. The Hall–Kier alpha value is -4.78. The summed E-state index contributed by atoms with van der Waals surface area (Å²) in [5.74, 6) is -4.13. The predicted molar refractivity (Wildman–Crippen MR) is 138 cm³/mol. The lowest BCUT2D eigenvalue weighted by atomic mass is 9.84. The van der Waals surface area contributed by atoms with E-state index < -0.39 is 52.4 Å². The van der Waals surface area contributed by atoms with Crippen molar-refractivity contribution in [1.29, 1.82) is 0 Å². The van der Waals surface area contributed by atoms with Crippen molar-refractivity contribution in [2.75, 3.05) is 0 Å². The zero-order chi connectivity index (χ0) is 29.4. The van der Waals surface area contributed by atoms with Crippen LogP contribution in [0.25, 0.3) is 33.4 Å². The summed E-state index contributed by atoms with van der Waals surface area (Å²) in [5.41, 5.74) is 2.92. The molecular weight excluding hydrogens is 571 g/mol. The number of carbonyl (C=O) groups is 2. The van der Waals surface area contributed by atoms with Crippen molar-refractivity contribution < 1.29 is 31.5 Å². The third-order valence-corrected chi connectivity index (χ3v) is 7.27. The molecule has 0 radical (unpaired) electrons. The number of nitrogens with one attached hydrogen (secondary N) is 2. The smallest absolute Gasteiger partial charge is 0.366 e. The zero-order valence-electron chi connectivity index (χ0n) is 20.7. The van der Waals surface area contributed by atoms with Crippen LogP contribution in [0.15, 0.2) is 48.7 Å². The number of benzene rings is 3. The van der Waals surface area contributed by atoms with Crippen molar-refractivity contribution in [2.24, 2.45) is 12.8 Å². The van der Waals surface area contributed by atoms with Crippen molar-refractivity contribution >= 4 is 34.3 Å². The summed E-state index contributed by atoms with van der Waals surface area (Å²) in [4.78, 5) is 26.0. The second-order valence-electron chi connectivity index (χ2n) is 9.36.